The molecule has 1 atom stereocenters. The van der Waals surface area contributed by atoms with Gasteiger partial charge in [-0.05, 0) is 25.0 Å². The van der Waals surface area contributed by atoms with Crippen LogP contribution in [0.3, 0.4) is 0 Å². The molecule has 4 rings (SSSR count). The van der Waals surface area contributed by atoms with Gasteiger partial charge in [-0.25, -0.2) is 0 Å². The zero-order valence-corrected chi connectivity index (χ0v) is 14.2. The summed E-state index contributed by atoms with van der Waals surface area (Å²) in [5, 5.41) is 6.29. The van der Waals surface area contributed by atoms with Crippen LogP contribution in [0.25, 0.3) is 0 Å². The van der Waals surface area contributed by atoms with Crippen LogP contribution in [0.1, 0.15) is 23.2 Å². The molecule has 132 valence electrons. The Morgan fingerprint density at radius 2 is 2.00 bits per heavy atom. The number of carbonyl (C=O) groups excluding carboxylic acids is 2. The third-order valence-electron chi connectivity index (χ3n) is 5.33. The highest BCUT2D eigenvalue weighted by molar-refractivity contribution is 5.97. The standard InChI is InChI=1S/C19H23N3O3/c23-17-15-5-1-2-6-16(15)25-10-4-3-8-19(12-20-13-19)18(24)22-9-7-14(11-22)21-17/h1-6,14,20H,7-13H2,(H,21,23)/b4-3-/t14-/m1/s1. The third-order valence-corrected chi connectivity index (χ3v) is 5.33. The Kier molecular flexibility index (Phi) is 4.21. The van der Waals surface area contributed by atoms with E-state index in [1.165, 1.54) is 0 Å². The van der Waals surface area contributed by atoms with E-state index in [0.717, 1.165) is 12.8 Å². The van der Waals surface area contributed by atoms with Crippen molar-refractivity contribution in [2.75, 3.05) is 32.8 Å². The maximum absolute atomic E-state index is 13.0. The van der Waals surface area contributed by atoms with Crippen LogP contribution in [-0.2, 0) is 4.79 Å². The lowest BCUT2D eigenvalue weighted by molar-refractivity contribution is -0.144. The summed E-state index contributed by atoms with van der Waals surface area (Å²) in [6, 6.07) is 7.28. The van der Waals surface area contributed by atoms with Crippen LogP contribution >= 0.6 is 0 Å². The second kappa shape index (κ2) is 6.52. The SMILES string of the molecule is O=C1N[C@@H]2CCN(C2)C(=O)C2(C/C=C\COc3ccccc31)CNC2. The number of carbonyl (C=O) groups is 2. The summed E-state index contributed by atoms with van der Waals surface area (Å²) in [7, 11) is 0. The van der Waals surface area contributed by atoms with Crippen molar-refractivity contribution in [1.29, 1.82) is 0 Å². The lowest BCUT2D eigenvalue weighted by Crippen LogP contribution is -2.61. The predicted octanol–water partition coefficient (Wildman–Crippen LogP) is 0.946. The second-order valence-electron chi connectivity index (χ2n) is 7.08. The van der Waals surface area contributed by atoms with E-state index < -0.39 is 0 Å². The topological polar surface area (TPSA) is 70.7 Å². The molecule has 0 aliphatic carbocycles. The normalized spacial score (nSPS) is 26.9. The lowest BCUT2D eigenvalue weighted by atomic mass is 9.77. The maximum atomic E-state index is 13.0. The highest BCUT2D eigenvalue weighted by Gasteiger charge is 2.46. The van der Waals surface area contributed by atoms with Crippen molar-refractivity contribution in [2.45, 2.75) is 18.9 Å². The second-order valence-corrected chi connectivity index (χ2v) is 7.08. The molecule has 2 fully saturated rings. The van der Waals surface area contributed by atoms with Gasteiger partial charge < -0.3 is 20.3 Å². The summed E-state index contributed by atoms with van der Waals surface area (Å²) in [5.41, 5.74) is 0.203. The molecule has 3 aliphatic rings. The van der Waals surface area contributed by atoms with Gasteiger partial charge in [0.1, 0.15) is 12.4 Å². The van der Waals surface area contributed by atoms with E-state index >= 15 is 0 Å². The molecule has 3 heterocycles. The molecule has 25 heavy (non-hydrogen) atoms. The van der Waals surface area contributed by atoms with Crippen LogP contribution in [-0.4, -0.2) is 55.5 Å². The number of hydrogen-bond donors (Lipinski definition) is 2. The number of ether oxygens (including phenoxy) is 1. The average molecular weight is 341 g/mol. The smallest absolute Gasteiger partial charge is 0.255 e. The van der Waals surface area contributed by atoms with Crippen LogP contribution in [0.15, 0.2) is 36.4 Å². The largest absolute Gasteiger partial charge is 0.489 e. The van der Waals surface area contributed by atoms with Gasteiger partial charge in [-0.15, -0.1) is 0 Å². The minimum Gasteiger partial charge on any atom is -0.489 e. The van der Waals surface area contributed by atoms with Gasteiger partial charge in [-0.2, -0.15) is 0 Å². The summed E-state index contributed by atoms with van der Waals surface area (Å²) in [4.78, 5) is 27.5. The fraction of sp³-hybridized carbons (Fsp3) is 0.474. The Morgan fingerprint density at radius 1 is 1.16 bits per heavy atom. The Bertz CT molecular complexity index is 712. The van der Waals surface area contributed by atoms with E-state index in [0.29, 0.717) is 44.1 Å². The monoisotopic (exact) mass is 341 g/mol. The van der Waals surface area contributed by atoms with Crippen molar-refractivity contribution >= 4 is 11.8 Å². The number of benzene rings is 1. The summed E-state index contributed by atoms with van der Waals surface area (Å²) >= 11 is 0. The molecule has 0 unspecified atom stereocenters. The first-order valence-electron chi connectivity index (χ1n) is 8.86. The van der Waals surface area contributed by atoms with Crippen LogP contribution in [0.5, 0.6) is 5.75 Å². The van der Waals surface area contributed by atoms with E-state index in [-0.39, 0.29) is 23.3 Å². The van der Waals surface area contributed by atoms with E-state index in [4.69, 9.17) is 4.74 Å². The summed E-state index contributed by atoms with van der Waals surface area (Å²) in [6.45, 7) is 3.10. The molecule has 0 saturated carbocycles. The molecule has 3 aliphatic heterocycles. The predicted molar refractivity (Wildman–Crippen MR) is 93.4 cm³/mol. The van der Waals surface area contributed by atoms with Gasteiger partial charge in [-0.3, -0.25) is 9.59 Å². The Morgan fingerprint density at radius 3 is 2.80 bits per heavy atom. The van der Waals surface area contributed by atoms with Crippen molar-refractivity contribution in [3.63, 3.8) is 0 Å². The Hall–Kier alpha value is -2.34. The van der Waals surface area contributed by atoms with Gasteiger partial charge in [-0.1, -0.05) is 24.3 Å². The number of fused-ring (bicyclic) bond motifs is 3. The van der Waals surface area contributed by atoms with E-state index in [9.17, 15) is 9.59 Å². The highest BCUT2D eigenvalue weighted by atomic mass is 16.5. The van der Waals surface area contributed by atoms with Crippen LogP contribution in [0.2, 0.25) is 0 Å². The fourth-order valence-electron chi connectivity index (χ4n) is 3.77. The number of nitrogens with zero attached hydrogens (tertiary/aromatic N) is 1. The van der Waals surface area contributed by atoms with Gasteiger partial charge >= 0.3 is 0 Å². The minimum atomic E-state index is -0.336. The molecule has 2 bridgehead atoms. The van der Waals surface area contributed by atoms with E-state index in [1.54, 1.807) is 6.07 Å². The minimum absolute atomic E-state index is 0.00641. The summed E-state index contributed by atoms with van der Waals surface area (Å²) in [6.07, 6.45) is 5.47. The van der Waals surface area contributed by atoms with Crippen molar-refractivity contribution < 1.29 is 14.3 Å². The van der Waals surface area contributed by atoms with Gasteiger partial charge in [0, 0.05) is 32.2 Å². The molecule has 2 saturated heterocycles. The Labute approximate surface area is 147 Å². The van der Waals surface area contributed by atoms with E-state index in [2.05, 4.69) is 10.6 Å². The van der Waals surface area contributed by atoms with Crippen molar-refractivity contribution in [3.8, 4) is 5.75 Å². The number of allylic oxidation sites excluding steroid dienone is 1. The number of amides is 2. The molecule has 0 radical (unpaired) electrons. The van der Waals surface area contributed by atoms with E-state index in [1.807, 2.05) is 35.3 Å². The van der Waals surface area contributed by atoms with Crippen LogP contribution in [0, 0.1) is 5.41 Å². The van der Waals surface area contributed by atoms with Gasteiger partial charge in [0.05, 0.1) is 11.0 Å². The molecule has 0 aromatic heterocycles. The zero-order chi connectivity index (χ0) is 17.3. The van der Waals surface area contributed by atoms with Gasteiger partial charge in [0.15, 0.2) is 0 Å². The quantitative estimate of drug-likeness (QED) is 0.689. The summed E-state index contributed by atoms with van der Waals surface area (Å²) in [5.74, 6) is 0.648. The average Bonchev–Trinajstić information content (AvgIpc) is 3.04. The van der Waals surface area contributed by atoms with Crippen LogP contribution in [0.4, 0.5) is 0 Å². The van der Waals surface area contributed by atoms with Crippen molar-refractivity contribution in [3.05, 3.63) is 42.0 Å². The fourth-order valence-corrected chi connectivity index (χ4v) is 3.77. The summed E-state index contributed by atoms with van der Waals surface area (Å²) < 4.78 is 5.77. The maximum Gasteiger partial charge on any atom is 0.255 e. The lowest BCUT2D eigenvalue weighted by Gasteiger charge is -2.43. The van der Waals surface area contributed by atoms with Gasteiger partial charge in [0.25, 0.3) is 5.91 Å². The molecular formula is C19H23N3O3. The van der Waals surface area contributed by atoms with Gasteiger partial charge in [0.2, 0.25) is 5.91 Å². The van der Waals surface area contributed by atoms with Crippen LogP contribution < -0.4 is 15.4 Å². The first kappa shape index (κ1) is 16.1. The highest BCUT2D eigenvalue weighted by Crippen LogP contribution is 2.32. The number of hydrogen-bond acceptors (Lipinski definition) is 4. The first-order valence-corrected chi connectivity index (χ1v) is 8.86. The van der Waals surface area contributed by atoms with Crippen molar-refractivity contribution in [1.82, 2.24) is 15.5 Å². The third kappa shape index (κ3) is 3.02. The molecule has 1 aromatic carbocycles. The molecule has 6 heteroatoms. The van der Waals surface area contributed by atoms with Crippen molar-refractivity contribution in [2.24, 2.45) is 5.41 Å². The molecule has 6 nitrogen and oxygen atoms in total. The zero-order valence-electron chi connectivity index (χ0n) is 14.2. The molecule has 2 amide bonds. The molecule has 2 N–H and O–H groups in total. The number of rotatable bonds is 0. The molecular weight excluding hydrogens is 318 g/mol. The molecule has 1 spiro atoms. The Balaban J connectivity index is 1.61. The first-order chi connectivity index (χ1) is 12.2. The number of nitrogens with one attached hydrogen (secondary N) is 2. The molecule has 1 aromatic rings. The number of para-hydroxylation sites is 1.